The van der Waals surface area contributed by atoms with Gasteiger partial charge in [-0.25, -0.2) is 4.39 Å². The fourth-order valence-corrected chi connectivity index (χ4v) is 4.84. The van der Waals surface area contributed by atoms with Crippen molar-refractivity contribution in [3.05, 3.63) is 29.2 Å². The summed E-state index contributed by atoms with van der Waals surface area (Å²) in [4.78, 5) is 46.5. The molecule has 33 heavy (non-hydrogen) atoms. The smallest absolute Gasteiger partial charge is 0.278 e. The quantitative estimate of drug-likeness (QED) is 0.177. The molecule has 2 aliphatic heterocycles. The number of aliphatic carboxylic acids is 1. The van der Waals surface area contributed by atoms with E-state index in [2.05, 4.69) is 24.7 Å². The van der Waals surface area contributed by atoms with E-state index in [-0.39, 0.29) is 16.7 Å². The van der Waals surface area contributed by atoms with Crippen molar-refractivity contribution in [3.63, 3.8) is 0 Å². The maximum Gasteiger partial charge on any atom is 0.278 e. The minimum atomic E-state index is -1.48. The number of nitrogens with one attached hydrogen (secondary N) is 1. The zero-order chi connectivity index (χ0) is 24.3. The molecule has 0 saturated carbocycles. The van der Waals surface area contributed by atoms with Gasteiger partial charge >= 0.3 is 0 Å². The van der Waals surface area contributed by atoms with Crippen molar-refractivity contribution in [3.8, 4) is 0 Å². The Kier molecular flexibility index (Phi) is 7.34. The average molecular weight is 500 g/mol. The summed E-state index contributed by atoms with van der Waals surface area (Å²) in [5.41, 5.74) is 5.27. The Labute approximate surface area is 196 Å². The summed E-state index contributed by atoms with van der Waals surface area (Å²) in [7, 11) is 5.96. The number of oxime groups is 1. The number of β-lactam (4-membered cyclic amide) rings is 1. The van der Waals surface area contributed by atoms with E-state index in [4.69, 9.17) is 5.73 Å². The van der Waals surface area contributed by atoms with Crippen LogP contribution in [0.3, 0.4) is 0 Å². The van der Waals surface area contributed by atoms with E-state index < -0.39 is 41.8 Å². The molecule has 0 bridgehead atoms. The number of anilines is 1. The summed E-state index contributed by atoms with van der Waals surface area (Å²) < 4.78 is 16.9. The molecular weight excluding hydrogens is 477 g/mol. The van der Waals surface area contributed by atoms with Crippen molar-refractivity contribution in [2.45, 2.75) is 11.4 Å². The number of rotatable bonds is 9. The summed E-state index contributed by atoms with van der Waals surface area (Å²) in [6, 6.07) is -1.04. The Morgan fingerprint density at radius 2 is 2.18 bits per heavy atom. The lowest BCUT2D eigenvalue weighted by Gasteiger charge is -2.50. The van der Waals surface area contributed by atoms with Crippen LogP contribution in [0.25, 0.3) is 0 Å². The van der Waals surface area contributed by atoms with E-state index in [0.29, 0.717) is 22.4 Å². The first-order valence-electron chi connectivity index (χ1n) is 9.56. The van der Waals surface area contributed by atoms with Crippen LogP contribution in [0.5, 0.6) is 0 Å². The Morgan fingerprint density at radius 3 is 2.76 bits per heavy atom. The topological polar surface area (TPSA) is 163 Å². The van der Waals surface area contributed by atoms with Crippen molar-refractivity contribution in [1.29, 1.82) is 0 Å². The Morgan fingerprint density at radius 1 is 1.45 bits per heavy atom. The molecule has 2 atom stereocenters. The fourth-order valence-electron chi connectivity index (χ4n) is 3.09. The van der Waals surface area contributed by atoms with Crippen molar-refractivity contribution in [1.82, 2.24) is 19.6 Å². The predicted molar refractivity (Wildman–Crippen MR) is 117 cm³/mol. The van der Waals surface area contributed by atoms with Crippen LogP contribution < -0.4 is 16.2 Å². The number of halogens is 1. The van der Waals surface area contributed by atoms with Crippen LogP contribution in [0.2, 0.25) is 0 Å². The normalized spacial score (nSPS) is 21.2. The standard InChI is InChI=1S/C18H22FN7O5S2/c1-26(2,3)6-4-5-9-7-32-16-11(15(28)25(16)12(9)17(29)30)21-14(27)10(23-31-8-19)13-22-18(20)33-24-13/h4-5,11,16H,6-8H2,1-3H3,(H3-,20,21,22,24,27,29,30)/b5-4+,23-10-/t11-,16+/m1/s1. The molecule has 1 aromatic rings. The highest BCUT2D eigenvalue weighted by molar-refractivity contribution is 8.00. The molecule has 0 unspecified atom stereocenters. The number of amides is 2. The lowest BCUT2D eigenvalue weighted by molar-refractivity contribution is -0.864. The van der Waals surface area contributed by atoms with E-state index in [1.165, 1.54) is 11.8 Å². The number of alkyl halides is 1. The number of carboxylic acid groups (broad SMARTS) is 1. The molecule has 0 aliphatic carbocycles. The first-order valence-corrected chi connectivity index (χ1v) is 11.4. The predicted octanol–water partition coefficient (Wildman–Crippen LogP) is -1.57. The minimum Gasteiger partial charge on any atom is -0.543 e. The molecule has 12 nitrogen and oxygen atoms in total. The van der Waals surface area contributed by atoms with Crippen LogP contribution in [0, 0.1) is 0 Å². The van der Waals surface area contributed by atoms with Gasteiger partial charge in [0.05, 0.1) is 39.4 Å². The van der Waals surface area contributed by atoms with Gasteiger partial charge in [-0.05, 0) is 11.6 Å². The van der Waals surface area contributed by atoms with Gasteiger partial charge in [0.15, 0.2) is 5.13 Å². The van der Waals surface area contributed by atoms with Crippen LogP contribution in [0.4, 0.5) is 9.52 Å². The Hall–Kier alpha value is -3.04. The molecule has 0 aromatic carbocycles. The number of carbonyl (C=O) groups is 3. The van der Waals surface area contributed by atoms with Gasteiger partial charge in [0.2, 0.25) is 11.5 Å². The van der Waals surface area contributed by atoms with Crippen LogP contribution in [-0.4, -0.2) is 94.0 Å². The van der Waals surface area contributed by atoms with Gasteiger partial charge in [-0.2, -0.15) is 9.36 Å². The second-order valence-electron chi connectivity index (χ2n) is 8.03. The summed E-state index contributed by atoms with van der Waals surface area (Å²) in [6.07, 6.45) is 3.51. The number of carboxylic acids is 1. The largest absolute Gasteiger partial charge is 0.543 e. The maximum absolute atomic E-state index is 12.8. The van der Waals surface area contributed by atoms with E-state index in [1.54, 1.807) is 6.08 Å². The third-order valence-electron chi connectivity index (χ3n) is 4.52. The third-order valence-corrected chi connectivity index (χ3v) is 6.37. The highest BCUT2D eigenvalue weighted by atomic mass is 32.2. The monoisotopic (exact) mass is 499 g/mol. The maximum atomic E-state index is 12.8. The van der Waals surface area contributed by atoms with Crippen molar-refractivity contribution in [2.75, 3.05) is 46.0 Å². The second kappa shape index (κ2) is 9.84. The molecule has 1 saturated heterocycles. The zero-order valence-corrected chi connectivity index (χ0v) is 19.6. The SMILES string of the molecule is C[N+](C)(C)C/C=C/C1=C(C(=O)[O-])N2C(=O)[C@@H](NC(=O)/C(=N\OCF)c3nsc(N)n3)[C@@H]2SC1. The first kappa shape index (κ1) is 24.6. The fraction of sp³-hybridized carbons (Fsp3) is 0.444. The lowest BCUT2D eigenvalue weighted by Crippen LogP contribution is -2.71. The van der Waals surface area contributed by atoms with Crippen molar-refractivity contribution >= 4 is 51.9 Å². The van der Waals surface area contributed by atoms with Gasteiger partial charge in [-0.3, -0.25) is 14.5 Å². The molecule has 178 valence electrons. The lowest BCUT2D eigenvalue weighted by atomic mass is 10.0. The highest BCUT2D eigenvalue weighted by Crippen LogP contribution is 2.40. The molecular formula is C18H22FN7O5S2. The van der Waals surface area contributed by atoms with Gasteiger partial charge in [-0.15, -0.1) is 11.8 Å². The Balaban J connectivity index is 1.78. The molecule has 0 radical (unpaired) electrons. The highest BCUT2D eigenvalue weighted by Gasteiger charge is 2.53. The number of likely N-dealkylation sites (N-methyl/N-ethyl adjacent to an activating group) is 1. The summed E-state index contributed by atoms with van der Waals surface area (Å²) >= 11 is 2.08. The number of nitrogens with zero attached hydrogens (tertiary/aromatic N) is 5. The molecule has 3 N–H and O–H groups in total. The number of allylic oxidation sites excluding steroid dienone is 1. The number of nitrogens with two attached hydrogens (primary N) is 1. The number of carbonyl (C=O) groups excluding carboxylic acids is 3. The van der Waals surface area contributed by atoms with Gasteiger partial charge in [0, 0.05) is 17.3 Å². The van der Waals surface area contributed by atoms with E-state index >= 15 is 0 Å². The van der Waals surface area contributed by atoms with Crippen molar-refractivity contribution < 1.29 is 33.2 Å². The number of aromatic nitrogens is 2. The number of hydrogen-bond donors (Lipinski definition) is 2. The number of thioether (sulfide) groups is 1. The number of hydrogen-bond acceptors (Lipinski definition) is 11. The van der Waals surface area contributed by atoms with Crippen LogP contribution >= 0.6 is 23.3 Å². The average Bonchev–Trinajstić information content (AvgIpc) is 3.16. The minimum absolute atomic E-state index is 0.0501. The zero-order valence-electron chi connectivity index (χ0n) is 18.0. The summed E-state index contributed by atoms with van der Waals surface area (Å²) in [5, 5.41) is 17.0. The van der Waals surface area contributed by atoms with Gasteiger partial charge in [-0.1, -0.05) is 11.2 Å². The molecule has 0 spiro atoms. The Bertz CT molecular complexity index is 1050. The van der Waals surface area contributed by atoms with E-state index in [9.17, 15) is 23.9 Å². The number of fused-ring (bicyclic) bond motifs is 1. The van der Waals surface area contributed by atoms with Gasteiger partial charge in [0.1, 0.15) is 11.4 Å². The molecule has 15 heteroatoms. The molecule has 3 rings (SSSR count). The second-order valence-corrected chi connectivity index (χ2v) is 9.92. The summed E-state index contributed by atoms with van der Waals surface area (Å²) in [6.45, 7) is -0.641. The number of nitrogen functional groups attached to an aromatic ring is 1. The van der Waals surface area contributed by atoms with E-state index in [0.717, 1.165) is 16.4 Å². The van der Waals surface area contributed by atoms with Crippen LogP contribution in [-0.2, 0) is 19.2 Å². The van der Waals surface area contributed by atoms with Crippen LogP contribution in [0.1, 0.15) is 5.82 Å². The van der Waals surface area contributed by atoms with E-state index in [1.807, 2.05) is 27.2 Å². The van der Waals surface area contributed by atoms with Crippen molar-refractivity contribution in [2.24, 2.45) is 5.16 Å². The molecule has 1 fully saturated rings. The molecule has 2 amide bonds. The summed E-state index contributed by atoms with van der Waals surface area (Å²) in [5.74, 6) is -2.90. The first-order chi connectivity index (χ1) is 15.5. The third kappa shape index (κ3) is 5.48. The molecule has 1 aromatic heterocycles. The van der Waals surface area contributed by atoms with Crippen LogP contribution in [0.15, 0.2) is 28.6 Å². The molecule has 3 heterocycles. The van der Waals surface area contributed by atoms with Gasteiger partial charge < -0.3 is 30.3 Å². The van der Waals surface area contributed by atoms with Gasteiger partial charge in [0.25, 0.3) is 18.7 Å². The number of quaternary nitrogens is 1. The molecule has 2 aliphatic rings.